The minimum atomic E-state index is -0.281. The second-order valence-corrected chi connectivity index (χ2v) is 7.05. The molecule has 29 heavy (non-hydrogen) atoms. The smallest absolute Gasteiger partial charge is 0.249 e. The van der Waals surface area contributed by atoms with Crippen LogP contribution in [-0.2, 0) is 4.79 Å². The fourth-order valence-electron chi connectivity index (χ4n) is 3.41. The number of nitrogens with one attached hydrogen (secondary N) is 2. The van der Waals surface area contributed by atoms with Gasteiger partial charge in [-0.1, -0.05) is 18.7 Å². The summed E-state index contributed by atoms with van der Waals surface area (Å²) in [6.07, 6.45) is 3.37. The molecule has 0 saturated carbocycles. The third kappa shape index (κ3) is 4.69. The van der Waals surface area contributed by atoms with Crippen LogP contribution in [0.15, 0.2) is 54.6 Å². The Morgan fingerprint density at radius 2 is 2.10 bits per heavy atom. The van der Waals surface area contributed by atoms with E-state index in [1.807, 2.05) is 0 Å². The number of benzene rings is 2. The van der Waals surface area contributed by atoms with E-state index >= 15 is 0 Å². The number of anilines is 1. The first-order valence-electron chi connectivity index (χ1n) is 9.56. The molecule has 0 radical (unpaired) electrons. The molecule has 1 aliphatic heterocycles. The van der Waals surface area contributed by atoms with Gasteiger partial charge in [0.1, 0.15) is 5.82 Å². The van der Waals surface area contributed by atoms with E-state index in [-0.39, 0.29) is 17.8 Å². The Hall–Kier alpha value is -3.46. The SMILES string of the molecule is C=C(CCCNc1ccc(C#N)cc1C=N)C(=O)N1CCC1c1ccc(F)cc1. The number of hydrogen-bond donors (Lipinski definition) is 2. The van der Waals surface area contributed by atoms with Crippen LogP contribution in [0.25, 0.3) is 0 Å². The van der Waals surface area contributed by atoms with Gasteiger partial charge < -0.3 is 15.6 Å². The third-order valence-corrected chi connectivity index (χ3v) is 5.14. The molecule has 1 fully saturated rings. The molecule has 1 unspecified atom stereocenters. The molecule has 1 saturated heterocycles. The molecule has 0 bridgehead atoms. The summed E-state index contributed by atoms with van der Waals surface area (Å²) in [5, 5.41) is 19.7. The second-order valence-electron chi connectivity index (χ2n) is 7.05. The number of rotatable bonds is 8. The van der Waals surface area contributed by atoms with Gasteiger partial charge in [0.05, 0.1) is 17.7 Å². The van der Waals surface area contributed by atoms with E-state index in [0.29, 0.717) is 36.2 Å². The zero-order valence-corrected chi connectivity index (χ0v) is 16.1. The molecule has 1 aliphatic rings. The van der Waals surface area contributed by atoms with Crippen molar-refractivity contribution < 1.29 is 9.18 Å². The highest BCUT2D eigenvalue weighted by Crippen LogP contribution is 2.34. The molecule has 0 spiro atoms. The molecule has 2 aromatic rings. The molecule has 5 nitrogen and oxygen atoms in total. The van der Waals surface area contributed by atoms with E-state index in [1.165, 1.54) is 18.3 Å². The Bertz CT molecular complexity index is 962. The van der Waals surface area contributed by atoms with Crippen LogP contribution >= 0.6 is 0 Å². The molecular formula is C23H23FN4O. The fourth-order valence-corrected chi connectivity index (χ4v) is 3.41. The van der Waals surface area contributed by atoms with Gasteiger partial charge in [-0.25, -0.2) is 4.39 Å². The van der Waals surface area contributed by atoms with Gasteiger partial charge in [-0.15, -0.1) is 0 Å². The Morgan fingerprint density at radius 3 is 2.72 bits per heavy atom. The Kier molecular flexibility index (Phi) is 6.40. The summed E-state index contributed by atoms with van der Waals surface area (Å²) < 4.78 is 13.1. The summed E-state index contributed by atoms with van der Waals surface area (Å²) in [7, 11) is 0. The molecule has 1 atom stereocenters. The maximum absolute atomic E-state index is 13.1. The molecule has 148 valence electrons. The number of nitriles is 1. The zero-order valence-electron chi connectivity index (χ0n) is 16.1. The summed E-state index contributed by atoms with van der Waals surface area (Å²) in [6.45, 7) is 5.26. The predicted molar refractivity (Wildman–Crippen MR) is 111 cm³/mol. The molecular weight excluding hydrogens is 367 g/mol. The van der Waals surface area contributed by atoms with Gasteiger partial charge in [0.25, 0.3) is 0 Å². The van der Waals surface area contributed by atoms with Gasteiger partial charge in [-0.3, -0.25) is 4.79 Å². The van der Waals surface area contributed by atoms with Crippen LogP contribution in [0.3, 0.4) is 0 Å². The van der Waals surface area contributed by atoms with Crippen LogP contribution in [-0.4, -0.2) is 30.1 Å². The van der Waals surface area contributed by atoms with Crippen molar-refractivity contribution in [2.24, 2.45) is 0 Å². The highest BCUT2D eigenvalue weighted by atomic mass is 19.1. The first-order valence-corrected chi connectivity index (χ1v) is 9.56. The standard InChI is InChI=1S/C23H23FN4O/c1-16(3-2-11-27-21-9-4-17(14-25)13-19(21)15-26)23(29)28-12-10-22(28)18-5-7-20(24)8-6-18/h4-9,13,15,22,26-27H,1-3,10-12H2. The molecule has 2 N–H and O–H groups in total. The van der Waals surface area contributed by atoms with E-state index in [0.717, 1.165) is 24.1 Å². The number of amides is 1. The Balaban J connectivity index is 1.48. The van der Waals surface area contributed by atoms with Crippen LogP contribution in [0.4, 0.5) is 10.1 Å². The van der Waals surface area contributed by atoms with E-state index in [2.05, 4.69) is 18.0 Å². The summed E-state index contributed by atoms with van der Waals surface area (Å²) in [5.41, 5.74) is 3.46. The lowest BCUT2D eigenvalue weighted by Gasteiger charge is -2.41. The number of halogens is 1. The number of likely N-dealkylation sites (tertiary alicyclic amines) is 1. The van der Waals surface area contributed by atoms with E-state index in [4.69, 9.17) is 10.7 Å². The summed E-state index contributed by atoms with van der Waals surface area (Å²) in [4.78, 5) is 14.5. The molecule has 1 heterocycles. The highest BCUT2D eigenvalue weighted by molar-refractivity contribution is 5.93. The maximum Gasteiger partial charge on any atom is 0.249 e. The predicted octanol–water partition coefficient (Wildman–Crippen LogP) is 4.42. The maximum atomic E-state index is 13.1. The van der Waals surface area contributed by atoms with Crippen molar-refractivity contribution >= 4 is 17.8 Å². The summed E-state index contributed by atoms with van der Waals surface area (Å²) in [5.74, 6) is -0.333. The van der Waals surface area contributed by atoms with Crippen molar-refractivity contribution in [2.75, 3.05) is 18.4 Å². The second kappa shape index (κ2) is 9.16. The fraction of sp³-hybridized carbons (Fsp3) is 0.261. The summed E-state index contributed by atoms with van der Waals surface area (Å²) >= 11 is 0. The van der Waals surface area contributed by atoms with Crippen molar-refractivity contribution in [3.63, 3.8) is 0 Å². The van der Waals surface area contributed by atoms with Gasteiger partial charge >= 0.3 is 0 Å². The number of carbonyl (C=O) groups excluding carboxylic acids is 1. The molecule has 0 aliphatic carbocycles. The lowest BCUT2D eigenvalue weighted by atomic mass is 9.93. The zero-order chi connectivity index (χ0) is 20.8. The normalized spacial score (nSPS) is 15.2. The van der Waals surface area contributed by atoms with Crippen molar-refractivity contribution in [3.8, 4) is 6.07 Å². The highest BCUT2D eigenvalue weighted by Gasteiger charge is 2.33. The Morgan fingerprint density at radius 1 is 1.34 bits per heavy atom. The number of hydrogen-bond acceptors (Lipinski definition) is 4. The molecule has 2 aromatic carbocycles. The average Bonchev–Trinajstić information content (AvgIpc) is 2.71. The molecule has 3 rings (SSSR count). The average molecular weight is 390 g/mol. The Labute approximate surface area is 170 Å². The monoisotopic (exact) mass is 390 g/mol. The van der Waals surface area contributed by atoms with Crippen LogP contribution in [0, 0.1) is 22.6 Å². The van der Waals surface area contributed by atoms with Crippen molar-refractivity contribution in [3.05, 3.63) is 77.1 Å². The first-order chi connectivity index (χ1) is 14.0. The summed E-state index contributed by atoms with van der Waals surface area (Å²) in [6, 6.07) is 13.5. The molecule has 6 heteroatoms. The van der Waals surface area contributed by atoms with Gasteiger partial charge in [0, 0.05) is 36.1 Å². The van der Waals surface area contributed by atoms with Gasteiger partial charge in [-0.05, 0) is 55.2 Å². The van der Waals surface area contributed by atoms with E-state index < -0.39 is 0 Å². The minimum absolute atomic E-state index is 0.00762. The van der Waals surface area contributed by atoms with Crippen LogP contribution in [0.5, 0.6) is 0 Å². The quantitative estimate of drug-likeness (QED) is 0.398. The van der Waals surface area contributed by atoms with Gasteiger partial charge in [0.2, 0.25) is 5.91 Å². The topological polar surface area (TPSA) is 80.0 Å². The molecule has 0 aromatic heterocycles. The largest absolute Gasteiger partial charge is 0.385 e. The van der Waals surface area contributed by atoms with E-state index in [1.54, 1.807) is 35.2 Å². The lowest BCUT2D eigenvalue weighted by Crippen LogP contribution is -2.45. The first kappa shape index (κ1) is 20.3. The van der Waals surface area contributed by atoms with Crippen molar-refractivity contribution in [1.29, 1.82) is 10.7 Å². The van der Waals surface area contributed by atoms with Crippen molar-refractivity contribution in [1.82, 2.24) is 4.90 Å². The number of carbonyl (C=O) groups is 1. The van der Waals surface area contributed by atoms with Gasteiger partial charge in [0.15, 0.2) is 0 Å². The van der Waals surface area contributed by atoms with E-state index in [9.17, 15) is 9.18 Å². The van der Waals surface area contributed by atoms with Crippen LogP contribution < -0.4 is 5.32 Å². The molecule has 1 amide bonds. The minimum Gasteiger partial charge on any atom is -0.385 e. The van der Waals surface area contributed by atoms with Crippen LogP contribution in [0.2, 0.25) is 0 Å². The van der Waals surface area contributed by atoms with Crippen LogP contribution in [0.1, 0.15) is 42.0 Å². The number of nitrogens with zero attached hydrogens (tertiary/aromatic N) is 2. The van der Waals surface area contributed by atoms with Crippen molar-refractivity contribution in [2.45, 2.75) is 25.3 Å². The lowest BCUT2D eigenvalue weighted by molar-refractivity contribution is -0.135. The third-order valence-electron chi connectivity index (χ3n) is 5.14. The van der Waals surface area contributed by atoms with Gasteiger partial charge in [-0.2, -0.15) is 5.26 Å².